The molecule has 1 aromatic rings. The topological polar surface area (TPSA) is 55.8 Å². The Kier molecular flexibility index (Phi) is 3.30. The van der Waals surface area contributed by atoms with Gasteiger partial charge in [0.25, 0.3) is 0 Å². The average Bonchev–Trinajstić information content (AvgIpc) is 2.39. The van der Waals surface area contributed by atoms with Crippen molar-refractivity contribution in [3.63, 3.8) is 0 Å². The van der Waals surface area contributed by atoms with Gasteiger partial charge in [0.15, 0.2) is 5.78 Å². The van der Waals surface area contributed by atoms with E-state index in [1.807, 2.05) is 13.8 Å². The molecule has 98 valence electrons. The standard InChI is InChI=1S/C14H18O4/c1-9(2)14(7-15)8-18-12-6-10(17-3)4-5-11(12)13(14)16/h4-6,9,15H,7-8H2,1-3H3. The van der Waals surface area contributed by atoms with Gasteiger partial charge >= 0.3 is 0 Å². The summed E-state index contributed by atoms with van der Waals surface area (Å²) in [7, 11) is 1.57. The summed E-state index contributed by atoms with van der Waals surface area (Å²) in [5, 5.41) is 9.58. The second-order valence-corrected chi connectivity index (χ2v) is 4.95. The SMILES string of the molecule is COc1ccc2c(c1)OCC(CO)(C(C)C)C2=O. The normalized spacial score (nSPS) is 22.6. The van der Waals surface area contributed by atoms with Crippen LogP contribution in [0.1, 0.15) is 24.2 Å². The first-order valence-electron chi connectivity index (χ1n) is 6.01. The number of hydrogen-bond acceptors (Lipinski definition) is 4. The number of fused-ring (bicyclic) bond motifs is 1. The Balaban J connectivity index is 2.45. The van der Waals surface area contributed by atoms with E-state index in [1.54, 1.807) is 25.3 Å². The molecule has 0 radical (unpaired) electrons. The minimum atomic E-state index is -0.832. The largest absolute Gasteiger partial charge is 0.497 e. The summed E-state index contributed by atoms with van der Waals surface area (Å²) in [6.45, 7) is 3.85. The van der Waals surface area contributed by atoms with Crippen molar-refractivity contribution in [1.29, 1.82) is 0 Å². The van der Waals surface area contributed by atoms with Crippen LogP contribution in [0.5, 0.6) is 11.5 Å². The fraction of sp³-hybridized carbons (Fsp3) is 0.500. The summed E-state index contributed by atoms with van der Waals surface area (Å²) < 4.78 is 10.7. The number of carbonyl (C=O) groups is 1. The van der Waals surface area contributed by atoms with Gasteiger partial charge in [0, 0.05) is 6.07 Å². The van der Waals surface area contributed by atoms with Crippen LogP contribution in [-0.4, -0.2) is 31.2 Å². The van der Waals surface area contributed by atoms with Gasteiger partial charge in [-0.1, -0.05) is 13.8 Å². The zero-order valence-corrected chi connectivity index (χ0v) is 10.9. The van der Waals surface area contributed by atoms with Gasteiger partial charge in [-0.25, -0.2) is 0 Å². The Hall–Kier alpha value is -1.55. The predicted octanol–water partition coefficient (Wildman–Crippen LogP) is 1.90. The number of aliphatic hydroxyl groups is 1. The number of benzene rings is 1. The van der Waals surface area contributed by atoms with E-state index >= 15 is 0 Å². The molecule has 0 bridgehead atoms. The van der Waals surface area contributed by atoms with Crippen LogP contribution < -0.4 is 9.47 Å². The molecule has 0 spiro atoms. The third kappa shape index (κ3) is 1.77. The van der Waals surface area contributed by atoms with Crippen molar-refractivity contribution in [1.82, 2.24) is 0 Å². The lowest BCUT2D eigenvalue weighted by Crippen LogP contribution is -2.47. The number of ether oxygens (including phenoxy) is 2. The zero-order chi connectivity index (χ0) is 13.3. The second kappa shape index (κ2) is 4.61. The minimum Gasteiger partial charge on any atom is -0.497 e. The molecule has 4 heteroatoms. The summed E-state index contributed by atoms with van der Waals surface area (Å²) >= 11 is 0. The van der Waals surface area contributed by atoms with E-state index < -0.39 is 5.41 Å². The van der Waals surface area contributed by atoms with Crippen molar-refractivity contribution in [2.45, 2.75) is 13.8 Å². The highest BCUT2D eigenvalue weighted by Crippen LogP contribution is 2.40. The summed E-state index contributed by atoms with van der Waals surface area (Å²) in [5.74, 6) is 1.15. The maximum absolute atomic E-state index is 12.5. The molecule has 1 aromatic carbocycles. The fourth-order valence-corrected chi connectivity index (χ4v) is 2.21. The van der Waals surface area contributed by atoms with Gasteiger partial charge in [-0.3, -0.25) is 4.79 Å². The Bertz CT molecular complexity index is 467. The van der Waals surface area contributed by atoms with Crippen molar-refractivity contribution in [3.8, 4) is 11.5 Å². The van der Waals surface area contributed by atoms with Gasteiger partial charge in [0.1, 0.15) is 18.1 Å². The van der Waals surface area contributed by atoms with Crippen LogP contribution in [0.3, 0.4) is 0 Å². The zero-order valence-electron chi connectivity index (χ0n) is 10.9. The molecule has 0 amide bonds. The van der Waals surface area contributed by atoms with Crippen LogP contribution in [-0.2, 0) is 0 Å². The van der Waals surface area contributed by atoms with E-state index in [0.29, 0.717) is 17.1 Å². The third-order valence-electron chi connectivity index (χ3n) is 3.76. The smallest absolute Gasteiger partial charge is 0.178 e. The molecule has 0 aromatic heterocycles. The number of rotatable bonds is 3. The van der Waals surface area contributed by atoms with E-state index in [4.69, 9.17) is 9.47 Å². The van der Waals surface area contributed by atoms with Gasteiger partial charge in [-0.05, 0) is 18.1 Å². The molecular weight excluding hydrogens is 232 g/mol. The van der Waals surface area contributed by atoms with Gasteiger partial charge < -0.3 is 14.6 Å². The van der Waals surface area contributed by atoms with Crippen molar-refractivity contribution in [3.05, 3.63) is 23.8 Å². The Morgan fingerprint density at radius 3 is 2.78 bits per heavy atom. The van der Waals surface area contributed by atoms with E-state index in [1.165, 1.54) is 0 Å². The number of aliphatic hydroxyl groups excluding tert-OH is 1. The molecule has 0 aliphatic carbocycles. The monoisotopic (exact) mass is 250 g/mol. The van der Waals surface area contributed by atoms with E-state index in [-0.39, 0.29) is 24.9 Å². The van der Waals surface area contributed by atoms with Gasteiger partial charge in [0.2, 0.25) is 0 Å². The van der Waals surface area contributed by atoms with Crippen LogP contribution in [0.15, 0.2) is 18.2 Å². The number of ketones is 1. The molecule has 2 rings (SSSR count). The van der Waals surface area contributed by atoms with Crippen LogP contribution in [0.25, 0.3) is 0 Å². The molecule has 1 heterocycles. The molecule has 1 N–H and O–H groups in total. The quantitative estimate of drug-likeness (QED) is 0.890. The summed E-state index contributed by atoms with van der Waals surface area (Å²) in [6, 6.07) is 5.13. The van der Waals surface area contributed by atoms with Crippen LogP contribution in [0, 0.1) is 11.3 Å². The fourth-order valence-electron chi connectivity index (χ4n) is 2.21. The van der Waals surface area contributed by atoms with E-state index in [9.17, 15) is 9.90 Å². The molecule has 1 unspecified atom stereocenters. The Morgan fingerprint density at radius 2 is 2.22 bits per heavy atom. The Morgan fingerprint density at radius 1 is 1.50 bits per heavy atom. The highest BCUT2D eigenvalue weighted by Gasteiger charge is 2.46. The first kappa shape index (κ1) is 12.9. The molecule has 0 saturated heterocycles. The van der Waals surface area contributed by atoms with E-state index in [2.05, 4.69) is 0 Å². The van der Waals surface area contributed by atoms with Crippen molar-refractivity contribution >= 4 is 5.78 Å². The van der Waals surface area contributed by atoms with E-state index in [0.717, 1.165) is 0 Å². The number of Topliss-reactive ketones (excluding diaryl/α,β-unsaturated/α-hetero) is 1. The molecule has 18 heavy (non-hydrogen) atoms. The number of carbonyl (C=O) groups excluding carboxylic acids is 1. The lowest BCUT2D eigenvalue weighted by Gasteiger charge is -2.38. The summed E-state index contributed by atoms with van der Waals surface area (Å²) in [6.07, 6.45) is 0. The first-order chi connectivity index (χ1) is 8.55. The lowest BCUT2D eigenvalue weighted by molar-refractivity contribution is 0.0177. The highest BCUT2D eigenvalue weighted by molar-refractivity contribution is 6.04. The molecule has 0 saturated carbocycles. The molecule has 1 atom stereocenters. The molecule has 1 aliphatic rings. The molecular formula is C14H18O4. The van der Waals surface area contributed by atoms with Gasteiger partial charge in [-0.2, -0.15) is 0 Å². The summed E-state index contributed by atoms with van der Waals surface area (Å²) in [5.41, 5.74) is -0.313. The maximum Gasteiger partial charge on any atom is 0.178 e. The molecule has 1 aliphatic heterocycles. The first-order valence-corrected chi connectivity index (χ1v) is 6.01. The maximum atomic E-state index is 12.5. The average molecular weight is 250 g/mol. The van der Waals surface area contributed by atoms with Crippen molar-refractivity contribution in [2.24, 2.45) is 11.3 Å². The highest BCUT2D eigenvalue weighted by atomic mass is 16.5. The van der Waals surface area contributed by atoms with Crippen molar-refractivity contribution in [2.75, 3.05) is 20.3 Å². The predicted molar refractivity (Wildman–Crippen MR) is 67.2 cm³/mol. The third-order valence-corrected chi connectivity index (χ3v) is 3.76. The number of methoxy groups -OCH3 is 1. The minimum absolute atomic E-state index is 0.0188. The van der Waals surface area contributed by atoms with Crippen LogP contribution in [0.4, 0.5) is 0 Å². The van der Waals surface area contributed by atoms with Gasteiger partial charge in [-0.15, -0.1) is 0 Å². The summed E-state index contributed by atoms with van der Waals surface area (Å²) in [4.78, 5) is 12.5. The van der Waals surface area contributed by atoms with Crippen molar-refractivity contribution < 1.29 is 19.4 Å². The van der Waals surface area contributed by atoms with Crippen LogP contribution >= 0.6 is 0 Å². The molecule has 4 nitrogen and oxygen atoms in total. The Labute approximate surface area is 107 Å². The van der Waals surface area contributed by atoms with Gasteiger partial charge in [0.05, 0.1) is 24.7 Å². The number of hydrogen-bond donors (Lipinski definition) is 1. The van der Waals surface area contributed by atoms with Crippen LogP contribution in [0.2, 0.25) is 0 Å². The lowest BCUT2D eigenvalue weighted by atomic mass is 9.71. The second-order valence-electron chi connectivity index (χ2n) is 4.95. The molecule has 0 fully saturated rings.